The number of unbranched alkanes of at least 4 members (excludes halogenated alkanes) is 2. The third-order valence-corrected chi connectivity index (χ3v) is 4.02. The first kappa shape index (κ1) is 17.1. The first-order valence-corrected chi connectivity index (χ1v) is 8.13. The Bertz CT molecular complexity index is 661. The summed E-state index contributed by atoms with van der Waals surface area (Å²) < 4.78 is 0. The number of phenols is 2. The number of hydrogen-bond donors (Lipinski definition) is 3. The molecule has 23 heavy (non-hydrogen) atoms. The summed E-state index contributed by atoms with van der Waals surface area (Å²) in [5.41, 5.74) is 1.97. The highest BCUT2D eigenvalue weighted by atomic mass is 16.3. The molecule has 5 heteroatoms. The van der Waals surface area contributed by atoms with Crippen molar-refractivity contribution >= 4 is 17.3 Å². The van der Waals surface area contributed by atoms with Crippen molar-refractivity contribution in [3.63, 3.8) is 0 Å². The molecule has 124 valence electrons. The number of allylic oxidation sites excluding steroid dienone is 2. The van der Waals surface area contributed by atoms with Crippen LogP contribution in [0.5, 0.6) is 11.5 Å². The number of benzene rings is 1. The highest BCUT2D eigenvalue weighted by Crippen LogP contribution is 2.40. The summed E-state index contributed by atoms with van der Waals surface area (Å²) in [6.07, 6.45) is 4.52. The van der Waals surface area contributed by atoms with E-state index in [1.807, 2.05) is 13.8 Å². The topological polar surface area (TPSA) is 86.6 Å². The van der Waals surface area contributed by atoms with Crippen LogP contribution in [0, 0.1) is 0 Å². The lowest BCUT2D eigenvalue weighted by atomic mass is 10.0. The summed E-state index contributed by atoms with van der Waals surface area (Å²) in [7, 11) is 0. The molecule has 1 amide bonds. The molecule has 0 aliphatic heterocycles. The predicted octanol–water partition coefficient (Wildman–Crippen LogP) is 3.50. The van der Waals surface area contributed by atoms with Crippen molar-refractivity contribution in [2.24, 2.45) is 0 Å². The third kappa shape index (κ3) is 3.55. The van der Waals surface area contributed by atoms with Crippen molar-refractivity contribution < 1.29 is 19.8 Å². The summed E-state index contributed by atoms with van der Waals surface area (Å²) in [5.74, 6) is -1.06. The van der Waals surface area contributed by atoms with E-state index >= 15 is 0 Å². The Balaban J connectivity index is 2.37. The monoisotopic (exact) mass is 317 g/mol. The van der Waals surface area contributed by atoms with Crippen molar-refractivity contribution in [2.45, 2.75) is 52.4 Å². The number of amides is 1. The minimum absolute atomic E-state index is 0.176. The van der Waals surface area contributed by atoms with Gasteiger partial charge >= 0.3 is 0 Å². The molecule has 0 heterocycles. The molecule has 1 aliphatic rings. The van der Waals surface area contributed by atoms with E-state index in [0.29, 0.717) is 29.7 Å². The fraction of sp³-hybridized carbons (Fsp3) is 0.444. The Kier molecular flexibility index (Phi) is 5.42. The maximum absolute atomic E-state index is 12.6. The van der Waals surface area contributed by atoms with Crippen LogP contribution in [0.2, 0.25) is 0 Å². The Morgan fingerprint density at radius 1 is 1.04 bits per heavy atom. The molecule has 0 saturated heterocycles. The number of carbonyl (C=O) groups is 2. The molecule has 3 N–H and O–H groups in total. The molecule has 0 unspecified atom stereocenters. The maximum atomic E-state index is 12.6. The molecule has 1 aliphatic carbocycles. The number of Topliss-reactive ketones (excluding diaryl/α,β-unsaturated/α-hetero) is 1. The Morgan fingerprint density at radius 3 is 2.26 bits per heavy atom. The van der Waals surface area contributed by atoms with E-state index in [1.165, 1.54) is 12.1 Å². The number of fused-ring (bicyclic) bond motifs is 1. The van der Waals surface area contributed by atoms with Gasteiger partial charge in [-0.15, -0.1) is 0 Å². The van der Waals surface area contributed by atoms with Crippen LogP contribution >= 0.6 is 0 Å². The quantitative estimate of drug-likeness (QED) is 0.672. The summed E-state index contributed by atoms with van der Waals surface area (Å²) in [6.45, 7) is 4.05. The molecule has 0 fully saturated rings. The van der Waals surface area contributed by atoms with Crippen LogP contribution in [0.3, 0.4) is 0 Å². The van der Waals surface area contributed by atoms with Gasteiger partial charge in [-0.25, -0.2) is 0 Å². The second kappa shape index (κ2) is 7.31. The summed E-state index contributed by atoms with van der Waals surface area (Å²) in [4.78, 5) is 24.6. The first-order valence-electron chi connectivity index (χ1n) is 8.13. The largest absolute Gasteiger partial charge is 0.504 e. The average molecular weight is 317 g/mol. The van der Waals surface area contributed by atoms with Crippen molar-refractivity contribution in [3.8, 4) is 11.5 Å². The molecule has 1 aromatic rings. The number of nitrogens with one attached hydrogen (secondary N) is 1. The first-order chi connectivity index (χ1) is 11.0. The molecule has 1 aromatic carbocycles. The molecule has 0 saturated carbocycles. The van der Waals surface area contributed by atoms with Crippen LogP contribution in [-0.2, 0) is 4.79 Å². The Hall–Kier alpha value is -2.30. The van der Waals surface area contributed by atoms with Gasteiger partial charge < -0.3 is 15.5 Å². The molecule has 0 atom stereocenters. The van der Waals surface area contributed by atoms with Gasteiger partial charge in [0.2, 0.25) is 11.7 Å². The molecule has 0 aromatic heterocycles. The van der Waals surface area contributed by atoms with Crippen LogP contribution < -0.4 is 5.32 Å². The molecule has 2 rings (SSSR count). The standard InChI is InChI=1S/C18H23NO4/c1-3-5-7-11-12-9-14(20)15(21)10-13(12)18(23)17(11)19-16(22)8-6-4-2/h9-10,20-21H,3-8H2,1-2H3,(H,19,22,23). The Morgan fingerprint density at radius 2 is 1.65 bits per heavy atom. The van der Waals surface area contributed by atoms with Crippen LogP contribution in [0.15, 0.2) is 17.8 Å². The van der Waals surface area contributed by atoms with Crippen LogP contribution in [-0.4, -0.2) is 21.9 Å². The van der Waals surface area contributed by atoms with Crippen LogP contribution in [0.25, 0.3) is 5.57 Å². The predicted molar refractivity (Wildman–Crippen MR) is 88.2 cm³/mol. The van der Waals surface area contributed by atoms with Gasteiger partial charge in [0, 0.05) is 12.0 Å². The van der Waals surface area contributed by atoms with Gasteiger partial charge in [-0.1, -0.05) is 26.7 Å². The minimum Gasteiger partial charge on any atom is -0.504 e. The lowest BCUT2D eigenvalue weighted by Gasteiger charge is -2.09. The van der Waals surface area contributed by atoms with Gasteiger partial charge in [-0.3, -0.25) is 9.59 Å². The smallest absolute Gasteiger partial charge is 0.224 e. The van der Waals surface area contributed by atoms with Gasteiger partial charge in [0.1, 0.15) is 0 Å². The lowest BCUT2D eigenvalue weighted by Crippen LogP contribution is -2.26. The highest BCUT2D eigenvalue weighted by molar-refractivity contribution is 6.22. The molecule has 5 nitrogen and oxygen atoms in total. The van der Waals surface area contributed by atoms with Gasteiger partial charge in [-0.2, -0.15) is 0 Å². The fourth-order valence-corrected chi connectivity index (χ4v) is 2.71. The Labute approximate surface area is 136 Å². The number of aromatic hydroxyl groups is 2. The maximum Gasteiger partial charge on any atom is 0.224 e. The van der Waals surface area contributed by atoms with Gasteiger partial charge in [0.15, 0.2) is 11.5 Å². The van der Waals surface area contributed by atoms with Crippen molar-refractivity contribution in [1.82, 2.24) is 5.32 Å². The van der Waals surface area contributed by atoms with Crippen molar-refractivity contribution in [2.75, 3.05) is 0 Å². The lowest BCUT2D eigenvalue weighted by molar-refractivity contribution is -0.120. The second-order valence-corrected chi connectivity index (χ2v) is 5.82. The molecular formula is C18H23NO4. The summed E-state index contributed by atoms with van der Waals surface area (Å²) in [6, 6.07) is 2.67. The molecule has 0 bridgehead atoms. The number of hydrogen-bond acceptors (Lipinski definition) is 4. The minimum atomic E-state index is -0.328. The van der Waals surface area contributed by atoms with E-state index in [0.717, 1.165) is 31.3 Å². The van der Waals surface area contributed by atoms with Crippen LogP contribution in [0.1, 0.15) is 68.3 Å². The number of ketones is 1. The zero-order valence-corrected chi connectivity index (χ0v) is 13.6. The van der Waals surface area contributed by atoms with Gasteiger partial charge in [0.25, 0.3) is 0 Å². The van der Waals surface area contributed by atoms with E-state index in [1.54, 1.807) is 0 Å². The summed E-state index contributed by atoms with van der Waals surface area (Å²) >= 11 is 0. The number of phenolic OH excluding ortho intramolecular Hbond substituents is 2. The second-order valence-electron chi connectivity index (χ2n) is 5.82. The SMILES string of the molecule is CCCCC(=O)NC1=C(CCCC)c2cc(O)c(O)cc2C1=O. The van der Waals surface area contributed by atoms with Crippen LogP contribution in [0.4, 0.5) is 0 Å². The number of carbonyl (C=O) groups excluding carboxylic acids is 2. The highest BCUT2D eigenvalue weighted by Gasteiger charge is 2.31. The van der Waals surface area contributed by atoms with E-state index in [4.69, 9.17) is 0 Å². The van der Waals surface area contributed by atoms with Gasteiger partial charge in [0.05, 0.1) is 5.70 Å². The molecule has 0 radical (unpaired) electrons. The molecule has 0 spiro atoms. The zero-order chi connectivity index (χ0) is 17.0. The van der Waals surface area contributed by atoms with E-state index in [2.05, 4.69) is 5.32 Å². The fourth-order valence-electron chi connectivity index (χ4n) is 2.71. The van der Waals surface area contributed by atoms with Crippen molar-refractivity contribution in [3.05, 3.63) is 29.0 Å². The van der Waals surface area contributed by atoms with E-state index < -0.39 is 0 Å². The summed E-state index contributed by atoms with van der Waals surface area (Å²) in [5, 5.41) is 22.1. The van der Waals surface area contributed by atoms with Gasteiger partial charge in [-0.05, 0) is 42.5 Å². The average Bonchev–Trinajstić information content (AvgIpc) is 2.76. The van der Waals surface area contributed by atoms with E-state index in [-0.39, 0.29) is 23.2 Å². The number of rotatable bonds is 7. The zero-order valence-electron chi connectivity index (χ0n) is 13.6. The van der Waals surface area contributed by atoms with Crippen molar-refractivity contribution in [1.29, 1.82) is 0 Å². The normalized spacial score (nSPS) is 13.4. The third-order valence-electron chi connectivity index (χ3n) is 4.02. The molecular weight excluding hydrogens is 294 g/mol. The van der Waals surface area contributed by atoms with E-state index in [9.17, 15) is 19.8 Å².